The minimum absolute atomic E-state index is 0.120. The number of carbonyl (C=O) groups is 1. The van der Waals surface area contributed by atoms with E-state index < -0.39 is 0 Å². The van der Waals surface area contributed by atoms with Gasteiger partial charge in [0.15, 0.2) is 5.11 Å². The molecule has 6 heteroatoms. The molecule has 0 fully saturated rings. The van der Waals surface area contributed by atoms with Gasteiger partial charge in [-0.25, -0.2) is 4.79 Å². The quantitative estimate of drug-likeness (QED) is 0.646. The summed E-state index contributed by atoms with van der Waals surface area (Å²) < 4.78 is 5.24. The molecule has 1 aliphatic rings. The van der Waals surface area contributed by atoms with Gasteiger partial charge in [-0.1, -0.05) is 0 Å². The lowest BCUT2D eigenvalue weighted by Gasteiger charge is -2.23. The smallest absolute Gasteiger partial charge is 0.341 e. The number of hydrogen-bond acceptors (Lipinski definition) is 4. The summed E-state index contributed by atoms with van der Waals surface area (Å²) in [4.78, 5) is 13.6. The third kappa shape index (κ3) is 4.20. The molecule has 0 radical (unpaired) electrons. The maximum atomic E-state index is 12.3. The van der Waals surface area contributed by atoms with Gasteiger partial charge in [0.2, 0.25) is 0 Å². The van der Waals surface area contributed by atoms with Crippen LogP contribution in [0.2, 0.25) is 0 Å². The van der Waals surface area contributed by atoms with E-state index in [0.717, 1.165) is 29.8 Å². The van der Waals surface area contributed by atoms with E-state index in [9.17, 15) is 4.79 Å². The van der Waals surface area contributed by atoms with Gasteiger partial charge in [0.25, 0.3) is 0 Å². The van der Waals surface area contributed by atoms with E-state index in [1.54, 1.807) is 11.3 Å². The van der Waals surface area contributed by atoms with Crippen molar-refractivity contribution in [2.45, 2.75) is 58.9 Å². The standard InChI is InChI=1S/C16H24N2O2S2/c1-5-20-14(19)12-10-8-6-7-9-11(10)22-13(12)17-15(21)18-16(2,3)4/h5-9H2,1-4H3,(H2,17,18,21). The number of esters is 1. The summed E-state index contributed by atoms with van der Waals surface area (Å²) in [5.41, 5.74) is 1.71. The van der Waals surface area contributed by atoms with Crippen LogP contribution in [-0.4, -0.2) is 23.2 Å². The van der Waals surface area contributed by atoms with Crippen molar-refractivity contribution in [3.05, 3.63) is 16.0 Å². The van der Waals surface area contributed by atoms with Gasteiger partial charge >= 0.3 is 5.97 Å². The van der Waals surface area contributed by atoms with Gasteiger partial charge in [-0.3, -0.25) is 0 Å². The van der Waals surface area contributed by atoms with Crippen molar-refractivity contribution in [1.82, 2.24) is 5.32 Å². The minimum atomic E-state index is -0.247. The zero-order chi connectivity index (χ0) is 16.3. The van der Waals surface area contributed by atoms with Crippen molar-refractivity contribution in [3.8, 4) is 0 Å². The van der Waals surface area contributed by atoms with Gasteiger partial charge in [0.05, 0.1) is 12.2 Å². The van der Waals surface area contributed by atoms with Crippen molar-refractivity contribution >= 4 is 39.6 Å². The molecule has 2 rings (SSSR count). The number of rotatable bonds is 3. The second-order valence-electron chi connectivity index (χ2n) is 6.46. The second-order valence-corrected chi connectivity index (χ2v) is 7.98. The van der Waals surface area contributed by atoms with Crippen LogP contribution in [0.1, 0.15) is 61.3 Å². The fourth-order valence-corrected chi connectivity index (χ4v) is 4.30. The van der Waals surface area contributed by atoms with Crippen LogP contribution in [0.15, 0.2) is 0 Å². The molecule has 0 aliphatic heterocycles. The fraction of sp³-hybridized carbons (Fsp3) is 0.625. The van der Waals surface area contributed by atoms with Crippen molar-refractivity contribution in [3.63, 3.8) is 0 Å². The summed E-state index contributed by atoms with van der Waals surface area (Å²) in [6.45, 7) is 8.36. The summed E-state index contributed by atoms with van der Waals surface area (Å²) in [6, 6.07) is 0. The Labute approximate surface area is 141 Å². The van der Waals surface area contributed by atoms with Gasteiger partial charge in [-0.15, -0.1) is 11.3 Å². The Morgan fingerprint density at radius 2 is 2.00 bits per heavy atom. The number of fused-ring (bicyclic) bond motifs is 1. The molecule has 122 valence electrons. The highest BCUT2D eigenvalue weighted by Crippen LogP contribution is 2.38. The van der Waals surface area contributed by atoms with Gasteiger partial charge in [-0.05, 0) is 71.2 Å². The number of anilines is 1. The minimum Gasteiger partial charge on any atom is -0.462 e. The maximum absolute atomic E-state index is 12.3. The molecule has 22 heavy (non-hydrogen) atoms. The summed E-state index contributed by atoms with van der Waals surface area (Å²) in [5, 5.41) is 7.77. The number of thiophene rings is 1. The molecule has 0 spiro atoms. The molecule has 0 unspecified atom stereocenters. The average Bonchev–Trinajstić information content (AvgIpc) is 2.74. The fourth-order valence-electron chi connectivity index (χ4n) is 2.55. The first kappa shape index (κ1) is 17.2. The molecule has 0 amide bonds. The summed E-state index contributed by atoms with van der Waals surface area (Å²) in [7, 11) is 0. The van der Waals surface area contributed by atoms with Crippen molar-refractivity contribution in [2.24, 2.45) is 0 Å². The molecule has 1 aromatic heterocycles. The highest BCUT2D eigenvalue weighted by Gasteiger charge is 2.27. The van der Waals surface area contributed by atoms with E-state index in [4.69, 9.17) is 17.0 Å². The largest absolute Gasteiger partial charge is 0.462 e. The molecule has 1 aliphatic carbocycles. The van der Waals surface area contributed by atoms with E-state index in [0.29, 0.717) is 17.3 Å². The molecule has 0 saturated carbocycles. The lowest BCUT2D eigenvalue weighted by atomic mass is 9.95. The zero-order valence-electron chi connectivity index (χ0n) is 13.7. The Morgan fingerprint density at radius 3 is 2.64 bits per heavy atom. The molecular formula is C16H24N2O2S2. The number of aryl methyl sites for hydroxylation is 1. The number of hydrogen-bond donors (Lipinski definition) is 2. The first-order valence-corrected chi connectivity index (χ1v) is 8.95. The Hall–Kier alpha value is -1.14. The molecule has 4 nitrogen and oxygen atoms in total. The molecule has 2 N–H and O–H groups in total. The predicted molar refractivity (Wildman–Crippen MR) is 96.0 cm³/mol. The molecule has 1 aromatic rings. The third-order valence-electron chi connectivity index (χ3n) is 3.37. The van der Waals surface area contributed by atoms with Gasteiger partial charge in [0.1, 0.15) is 5.00 Å². The van der Waals surface area contributed by atoms with Crippen LogP contribution in [0.4, 0.5) is 5.00 Å². The number of carbonyl (C=O) groups excluding carboxylic acids is 1. The maximum Gasteiger partial charge on any atom is 0.341 e. The van der Waals surface area contributed by atoms with Crippen molar-refractivity contribution in [1.29, 1.82) is 0 Å². The number of thiocarbonyl (C=S) groups is 1. The van der Waals surface area contributed by atoms with E-state index in [2.05, 4.69) is 10.6 Å². The average molecular weight is 341 g/mol. The number of ether oxygens (including phenoxy) is 1. The van der Waals surface area contributed by atoms with E-state index in [-0.39, 0.29) is 11.5 Å². The van der Waals surface area contributed by atoms with Crippen LogP contribution < -0.4 is 10.6 Å². The summed E-state index contributed by atoms with van der Waals surface area (Å²) in [6.07, 6.45) is 4.29. The van der Waals surface area contributed by atoms with Crippen molar-refractivity contribution < 1.29 is 9.53 Å². The van der Waals surface area contributed by atoms with Gasteiger partial charge in [0, 0.05) is 10.4 Å². The third-order valence-corrected chi connectivity index (χ3v) is 4.78. The second kappa shape index (κ2) is 6.96. The van der Waals surface area contributed by atoms with Crippen LogP contribution in [0.3, 0.4) is 0 Å². The lowest BCUT2D eigenvalue weighted by molar-refractivity contribution is 0.0526. The van der Waals surface area contributed by atoms with Crippen molar-refractivity contribution in [2.75, 3.05) is 11.9 Å². The Balaban J connectivity index is 2.28. The van der Waals surface area contributed by atoms with Crippen LogP contribution in [0, 0.1) is 0 Å². The predicted octanol–water partition coefficient (Wildman–Crippen LogP) is 3.89. The molecular weight excluding hydrogens is 316 g/mol. The topological polar surface area (TPSA) is 50.4 Å². The monoisotopic (exact) mass is 340 g/mol. The zero-order valence-corrected chi connectivity index (χ0v) is 15.3. The normalized spacial score (nSPS) is 14.2. The molecule has 0 atom stereocenters. The molecule has 0 bridgehead atoms. The highest BCUT2D eigenvalue weighted by atomic mass is 32.1. The number of nitrogens with one attached hydrogen (secondary N) is 2. The van der Waals surface area contributed by atoms with E-state index in [1.165, 1.54) is 11.3 Å². The summed E-state index contributed by atoms with van der Waals surface area (Å²) in [5.74, 6) is -0.247. The van der Waals surface area contributed by atoms with Crippen LogP contribution in [0.25, 0.3) is 0 Å². The van der Waals surface area contributed by atoms with Crippen LogP contribution in [-0.2, 0) is 17.6 Å². The van der Waals surface area contributed by atoms with E-state index in [1.807, 2.05) is 27.7 Å². The Bertz CT molecular complexity index is 573. The molecule has 1 heterocycles. The highest BCUT2D eigenvalue weighted by molar-refractivity contribution is 7.80. The van der Waals surface area contributed by atoms with E-state index >= 15 is 0 Å². The molecule has 0 saturated heterocycles. The van der Waals surface area contributed by atoms with Gasteiger partial charge in [-0.2, -0.15) is 0 Å². The summed E-state index contributed by atoms with van der Waals surface area (Å²) >= 11 is 7.00. The SMILES string of the molecule is CCOC(=O)c1c(NC(=S)NC(C)(C)C)sc2c1CCCC2. The first-order valence-electron chi connectivity index (χ1n) is 7.72. The van der Waals surface area contributed by atoms with Crippen LogP contribution in [0.5, 0.6) is 0 Å². The lowest BCUT2D eigenvalue weighted by Crippen LogP contribution is -2.43. The Morgan fingerprint density at radius 1 is 1.32 bits per heavy atom. The first-order chi connectivity index (χ1) is 10.3. The Kier molecular flexibility index (Phi) is 5.45. The van der Waals surface area contributed by atoms with Crippen LogP contribution >= 0.6 is 23.6 Å². The molecule has 0 aromatic carbocycles. The van der Waals surface area contributed by atoms with Gasteiger partial charge < -0.3 is 15.4 Å².